The third kappa shape index (κ3) is 3.09. The molecular formula is C24H24N4O2. The summed E-state index contributed by atoms with van der Waals surface area (Å²) in [7, 11) is 0. The van der Waals surface area contributed by atoms with E-state index >= 15 is 0 Å². The fourth-order valence-electron chi connectivity index (χ4n) is 4.40. The van der Waals surface area contributed by atoms with Crippen LogP contribution in [0.15, 0.2) is 65.6 Å². The average molecular weight is 400 g/mol. The van der Waals surface area contributed by atoms with E-state index in [0.29, 0.717) is 28.9 Å². The van der Waals surface area contributed by atoms with Gasteiger partial charge in [-0.3, -0.25) is 14.0 Å². The molecule has 1 amide bonds. The van der Waals surface area contributed by atoms with Crippen LogP contribution in [0, 0.1) is 0 Å². The van der Waals surface area contributed by atoms with Gasteiger partial charge in [0, 0.05) is 25.3 Å². The van der Waals surface area contributed by atoms with E-state index in [1.807, 2.05) is 58.0 Å². The van der Waals surface area contributed by atoms with Crippen molar-refractivity contribution in [3.63, 3.8) is 0 Å². The molecule has 30 heavy (non-hydrogen) atoms. The van der Waals surface area contributed by atoms with Gasteiger partial charge in [0.2, 0.25) is 0 Å². The highest BCUT2D eigenvalue weighted by molar-refractivity contribution is 5.98. The van der Waals surface area contributed by atoms with Crippen molar-refractivity contribution in [1.82, 2.24) is 18.9 Å². The average Bonchev–Trinajstić information content (AvgIpc) is 3.13. The highest BCUT2D eigenvalue weighted by Crippen LogP contribution is 2.24. The lowest BCUT2D eigenvalue weighted by molar-refractivity contribution is 0.0625. The van der Waals surface area contributed by atoms with Gasteiger partial charge in [-0.25, -0.2) is 4.98 Å². The highest BCUT2D eigenvalue weighted by atomic mass is 16.2. The molecule has 1 saturated heterocycles. The Labute approximate surface area is 174 Å². The van der Waals surface area contributed by atoms with Crippen molar-refractivity contribution >= 4 is 22.6 Å². The standard InChI is InChI=1S/C24H24N4O2/c1-17-9-5-7-13-26(17)24(30)20-15-19-22(28(20)16-18-10-3-2-4-11-18)25-21-12-6-8-14-27(21)23(19)29/h2-4,6,8,10-12,14-15,17H,5,7,9,13,16H2,1H3/t17-/m0/s1. The van der Waals surface area contributed by atoms with E-state index in [4.69, 9.17) is 4.98 Å². The zero-order valence-electron chi connectivity index (χ0n) is 17.0. The van der Waals surface area contributed by atoms with E-state index < -0.39 is 0 Å². The first-order chi connectivity index (χ1) is 14.6. The number of nitrogens with zero attached hydrogens (tertiary/aromatic N) is 4. The molecule has 0 radical (unpaired) electrons. The molecule has 5 rings (SSSR count). The van der Waals surface area contributed by atoms with Gasteiger partial charge in [-0.2, -0.15) is 0 Å². The Bertz CT molecular complexity index is 1290. The molecule has 1 aliphatic heterocycles. The molecule has 4 heterocycles. The molecule has 6 heteroatoms. The Kier molecular flexibility index (Phi) is 4.62. The number of pyridine rings is 1. The van der Waals surface area contributed by atoms with Gasteiger partial charge in [0.05, 0.1) is 5.39 Å². The molecule has 1 aromatic carbocycles. The summed E-state index contributed by atoms with van der Waals surface area (Å²) in [6.45, 7) is 3.34. The van der Waals surface area contributed by atoms with Gasteiger partial charge >= 0.3 is 0 Å². The van der Waals surface area contributed by atoms with Crippen LogP contribution < -0.4 is 5.56 Å². The Morgan fingerprint density at radius 1 is 1.10 bits per heavy atom. The molecule has 0 N–H and O–H groups in total. The first kappa shape index (κ1) is 18.6. The van der Waals surface area contributed by atoms with Crippen LogP contribution in [-0.2, 0) is 6.54 Å². The molecule has 0 aliphatic carbocycles. The minimum Gasteiger partial charge on any atom is -0.335 e. The topological polar surface area (TPSA) is 59.6 Å². The van der Waals surface area contributed by atoms with Gasteiger partial charge in [0.1, 0.15) is 17.0 Å². The summed E-state index contributed by atoms with van der Waals surface area (Å²) in [5.41, 5.74) is 2.58. The van der Waals surface area contributed by atoms with Crippen molar-refractivity contribution in [1.29, 1.82) is 0 Å². The van der Waals surface area contributed by atoms with Crippen molar-refractivity contribution < 1.29 is 4.79 Å². The molecule has 0 saturated carbocycles. The summed E-state index contributed by atoms with van der Waals surface area (Å²) in [5, 5.41) is 0.475. The number of piperidine rings is 1. The van der Waals surface area contributed by atoms with Gasteiger partial charge < -0.3 is 9.47 Å². The molecule has 1 atom stereocenters. The number of carbonyl (C=O) groups is 1. The quantitative estimate of drug-likeness (QED) is 0.527. The summed E-state index contributed by atoms with van der Waals surface area (Å²) in [6.07, 6.45) is 4.88. The monoisotopic (exact) mass is 400 g/mol. The number of hydrogen-bond donors (Lipinski definition) is 0. The predicted molar refractivity (Wildman–Crippen MR) is 117 cm³/mol. The smallest absolute Gasteiger partial charge is 0.270 e. The highest BCUT2D eigenvalue weighted by Gasteiger charge is 2.28. The van der Waals surface area contributed by atoms with Crippen molar-refractivity contribution in [2.24, 2.45) is 0 Å². The molecule has 0 spiro atoms. The first-order valence-corrected chi connectivity index (χ1v) is 10.5. The van der Waals surface area contributed by atoms with Crippen molar-refractivity contribution in [3.05, 3.63) is 82.4 Å². The Morgan fingerprint density at radius 3 is 2.70 bits per heavy atom. The van der Waals surface area contributed by atoms with Crippen molar-refractivity contribution in [2.45, 2.75) is 38.8 Å². The lowest BCUT2D eigenvalue weighted by Gasteiger charge is -2.33. The fraction of sp³-hybridized carbons (Fsp3) is 0.292. The summed E-state index contributed by atoms with van der Waals surface area (Å²) < 4.78 is 3.44. The van der Waals surface area contributed by atoms with E-state index in [0.717, 1.165) is 31.4 Å². The summed E-state index contributed by atoms with van der Waals surface area (Å²) in [5.74, 6) is -0.0235. The molecule has 0 unspecified atom stereocenters. The van der Waals surface area contributed by atoms with Crippen molar-refractivity contribution in [2.75, 3.05) is 6.54 Å². The number of hydrogen-bond acceptors (Lipinski definition) is 3. The second-order valence-corrected chi connectivity index (χ2v) is 8.03. The first-order valence-electron chi connectivity index (χ1n) is 10.5. The van der Waals surface area contributed by atoms with Gasteiger partial charge in [0.25, 0.3) is 11.5 Å². The summed E-state index contributed by atoms with van der Waals surface area (Å²) >= 11 is 0. The Balaban J connectivity index is 1.72. The van der Waals surface area contributed by atoms with Crippen LogP contribution in [0.4, 0.5) is 0 Å². The van der Waals surface area contributed by atoms with Gasteiger partial charge in [-0.15, -0.1) is 0 Å². The van der Waals surface area contributed by atoms with Crippen molar-refractivity contribution in [3.8, 4) is 0 Å². The molecular weight excluding hydrogens is 376 g/mol. The fourth-order valence-corrected chi connectivity index (χ4v) is 4.40. The maximum Gasteiger partial charge on any atom is 0.270 e. The van der Waals surface area contributed by atoms with Crippen LogP contribution in [0.2, 0.25) is 0 Å². The van der Waals surface area contributed by atoms with E-state index in [9.17, 15) is 9.59 Å². The van der Waals surface area contributed by atoms with Crippen LogP contribution >= 0.6 is 0 Å². The van der Waals surface area contributed by atoms with Crippen LogP contribution in [0.5, 0.6) is 0 Å². The zero-order valence-corrected chi connectivity index (χ0v) is 17.0. The number of fused-ring (bicyclic) bond motifs is 2. The van der Waals surface area contributed by atoms with E-state index in [1.54, 1.807) is 12.3 Å². The normalized spacial score (nSPS) is 17.0. The molecule has 0 bridgehead atoms. The molecule has 3 aromatic heterocycles. The van der Waals surface area contributed by atoms with Gasteiger partial charge in [-0.05, 0) is 49.9 Å². The van der Waals surface area contributed by atoms with Gasteiger partial charge in [0.15, 0.2) is 0 Å². The number of aromatic nitrogens is 3. The largest absolute Gasteiger partial charge is 0.335 e. The molecule has 1 fully saturated rings. The molecule has 6 nitrogen and oxygen atoms in total. The number of amides is 1. The number of likely N-dealkylation sites (tertiary alicyclic amines) is 1. The third-order valence-corrected chi connectivity index (χ3v) is 6.04. The second-order valence-electron chi connectivity index (χ2n) is 8.03. The Morgan fingerprint density at radius 2 is 1.90 bits per heavy atom. The zero-order chi connectivity index (χ0) is 20.7. The summed E-state index contributed by atoms with van der Waals surface area (Å²) in [4.78, 5) is 33.4. The number of rotatable bonds is 3. The molecule has 152 valence electrons. The summed E-state index contributed by atoms with van der Waals surface area (Å²) in [6, 6.07) is 17.4. The maximum absolute atomic E-state index is 13.6. The molecule has 4 aromatic rings. The van der Waals surface area contributed by atoms with Crippen LogP contribution in [0.3, 0.4) is 0 Å². The van der Waals surface area contributed by atoms with Crippen LogP contribution in [-0.4, -0.2) is 37.3 Å². The lowest BCUT2D eigenvalue weighted by Crippen LogP contribution is -2.42. The van der Waals surface area contributed by atoms with E-state index in [2.05, 4.69) is 6.92 Å². The minimum absolute atomic E-state index is 0.0235. The predicted octanol–water partition coefficient (Wildman–Crippen LogP) is 3.71. The lowest BCUT2D eigenvalue weighted by atomic mass is 10.0. The van der Waals surface area contributed by atoms with Crippen LogP contribution in [0.25, 0.3) is 16.7 Å². The third-order valence-electron chi connectivity index (χ3n) is 6.04. The van der Waals surface area contributed by atoms with E-state index in [1.165, 1.54) is 4.40 Å². The minimum atomic E-state index is -0.150. The van der Waals surface area contributed by atoms with E-state index in [-0.39, 0.29) is 17.5 Å². The SMILES string of the molecule is C[C@H]1CCCCN1C(=O)c1cc2c(=O)n3ccccc3nc2n1Cc1ccccc1. The maximum atomic E-state index is 13.6. The Hall–Kier alpha value is -3.41. The second kappa shape index (κ2) is 7.44. The molecule has 1 aliphatic rings. The van der Waals surface area contributed by atoms with Gasteiger partial charge in [-0.1, -0.05) is 36.4 Å². The number of benzene rings is 1. The number of carbonyl (C=O) groups excluding carboxylic acids is 1. The van der Waals surface area contributed by atoms with Crippen LogP contribution in [0.1, 0.15) is 42.2 Å².